The van der Waals surface area contributed by atoms with Crippen LogP contribution in [0.25, 0.3) is 16.6 Å². The molecule has 0 radical (unpaired) electrons. The normalized spacial score (nSPS) is 14.9. The molecule has 0 saturated carbocycles. The van der Waals surface area contributed by atoms with Gasteiger partial charge in [0.05, 0.1) is 5.39 Å². The molecule has 35 heavy (non-hydrogen) atoms. The predicted molar refractivity (Wildman–Crippen MR) is 137 cm³/mol. The van der Waals surface area contributed by atoms with Crippen molar-refractivity contribution in [1.29, 1.82) is 0 Å². The fraction of sp³-hybridized carbons (Fsp3) is 0.333. The molecule has 0 unspecified atom stereocenters. The molecule has 2 aromatic carbocycles. The first-order valence-corrected chi connectivity index (χ1v) is 12.2. The fourth-order valence-corrected chi connectivity index (χ4v) is 4.95. The third-order valence-electron chi connectivity index (χ3n) is 6.71. The van der Waals surface area contributed by atoms with Gasteiger partial charge >= 0.3 is 0 Å². The van der Waals surface area contributed by atoms with Crippen molar-refractivity contribution in [1.82, 2.24) is 24.2 Å². The quantitative estimate of drug-likeness (QED) is 0.444. The first kappa shape index (κ1) is 23.0. The van der Waals surface area contributed by atoms with Crippen LogP contribution in [0, 0.1) is 0 Å². The van der Waals surface area contributed by atoms with E-state index in [1.165, 1.54) is 12.5 Å². The molecule has 1 amide bonds. The molecule has 0 atom stereocenters. The van der Waals surface area contributed by atoms with Gasteiger partial charge in [0.1, 0.15) is 6.33 Å². The van der Waals surface area contributed by atoms with Crippen molar-refractivity contribution in [2.75, 3.05) is 25.0 Å². The lowest BCUT2D eigenvalue weighted by Crippen LogP contribution is -2.35. The maximum Gasteiger partial charge on any atom is 0.274 e. The molecule has 4 aromatic rings. The van der Waals surface area contributed by atoms with E-state index in [1.807, 2.05) is 47.2 Å². The summed E-state index contributed by atoms with van der Waals surface area (Å²) in [6.07, 6.45) is 8.30. The number of imidazole rings is 1. The van der Waals surface area contributed by atoms with Crippen molar-refractivity contribution in [3.05, 3.63) is 83.2 Å². The van der Waals surface area contributed by atoms with Crippen molar-refractivity contribution >= 4 is 22.4 Å². The largest absolute Gasteiger partial charge is 0.326 e. The summed E-state index contributed by atoms with van der Waals surface area (Å²) in [5, 5.41) is 9.07. The summed E-state index contributed by atoms with van der Waals surface area (Å²) in [5.41, 5.74) is 2.10. The van der Waals surface area contributed by atoms with Gasteiger partial charge in [-0.05, 0) is 68.6 Å². The van der Waals surface area contributed by atoms with Gasteiger partial charge in [0.2, 0.25) is 5.91 Å². The van der Waals surface area contributed by atoms with E-state index in [2.05, 4.69) is 32.4 Å². The van der Waals surface area contributed by atoms with Gasteiger partial charge in [0.15, 0.2) is 5.82 Å². The number of nitrogens with one attached hydrogen (secondary N) is 1. The van der Waals surface area contributed by atoms with Gasteiger partial charge in [-0.15, -0.1) is 0 Å². The summed E-state index contributed by atoms with van der Waals surface area (Å²) in [4.78, 5) is 31.0. The highest BCUT2D eigenvalue weighted by molar-refractivity contribution is 5.88. The third kappa shape index (κ3) is 5.17. The zero-order valence-corrected chi connectivity index (χ0v) is 19.9. The van der Waals surface area contributed by atoms with E-state index >= 15 is 0 Å². The fourth-order valence-electron chi connectivity index (χ4n) is 4.95. The van der Waals surface area contributed by atoms with Gasteiger partial charge in [-0.2, -0.15) is 5.10 Å². The van der Waals surface area contributed by atoms with Crippen molar-refractivity contribution < 1.29 is 4.79 Å². The highest BCUT2D eigenvalue weighted by atomic mass is 16.1. The average Bonchev–Trinajstić information content (AvgIpc) is 3.41. The molecule has 1 saturated heterocycles. The summed E-state index contributed by atoms with van der Waals surface area (Å²) in [6.45, 7) is 5.08. The lowest BCUT2D eigenvalue weighted by molar-refractivity contribution is -0.114. The number of rotatable bonds is 7. The van der Waals surface area contributed by atoms with Crippen LogP contribution in [-0.2, 0) is 11.3 Å². The molecule has 0 aliphatic carbocycles. The Kier molecular flexibility index (Phi) is 6.72. The van der Waals surface area contributed by atoms with Crippen LogP contribution in [0.3, 0.4) is 0 Å². The monoisotopic (exact) mass is 470 g/mol. The molecule has 8 heteroatoms. The smallest absolute Gasteiger partial charge is 0.274 e. The maximum atomic E-state index is 13.1. The van der Waals surface area contributed by atoms with E-state index in [-0.39, 0.29) is 11.5 Å². The number of hydrogen-bond donors (Lipinski definition) is 1. The highest BCUT2D eigenvalue weighted by Crippen LogP contribution is 2.29. The minimum absolute atomic E-state index is 0.0471. The molecule has 2 aromatic heterocycles. The van der Waals surface area contributed by atoms with Crippen LogP contribution in [0.1, 0.15) is 37.7 Å². The Hall–Kier alpha value is -3.78. The number of piperidine rings is 1. The minimum Gasteiger partial charge on any atom is -0.326 e. The topological polar surface area (TPSA) is 85.1 Å². The minimum atomic E-state index is -0.0535. The number of hydrogen-bond acceptors (Lipinski definition) is 5. The van der Waals surface area contributed by atoms with Crippen molar-refractivity contribution in [2.45, 2.75) is 38.6 Å². The van der Waals surface area contributed by atoms with Gasteiger partial charge in [-0.25, -0.2) is 9.67 Å². The molecule has 1 fully saturated rings. The number of likely N-dealkylation sites (tertiary alicyclic amines) is 1. The molecular formula is C27H30N6O2. The number of anilines is 1. The van der Waals surface area contributed by atoms with Crippen LogP contribution < -0.4 is 10.9 Å². The Balaban J connectivity index is 1.21. The number of carbonyl (C=O) groups is 1. The van der Waals surface area contributed by atoms with Crippen LogP contribution in [0.5, 0.6) is 0 Å². The lowest BCUT2D eigenvalue weighted by Gasteiger charge is -2.32. The van der Waals surface area contributed by atoms with Crippen molar-refractivity contribution in [3.8, 4) is 5.82 Å². The maximum absolute atomic E-state index is 13.1. The van der Waals surface area contributed by atoms with Crippen LogP contribution in [-0.4, -0.2) is 49.8 Å². The summed E-state index contributed by atoms with van der Waals surface area (Å²) in [5.74, 6) is 1.18. The van der Waals surface area contributed by atoms with Crippen molar-refractivity contribution in [2.24, 2.45) is 0 Å². The van der Waals surface area contributed by atoms with Gasteiger partial charge in [0, 0.05) is 36.9 Å². The van der Waals surface area contributed by atoms with E-state index in [0.717, 1.165) is 55.8 Å². The van der Waals surface area contributed by atoms with E-state index in [1.54, 1.807) is 17.2 Å². The molecule has 8 nitrogen and oxygen atoms in total. The molecule has 0 bridgehead atoms. The standard InChI is InChI=1S/C27H30N6O2/c1-20(34)29-23-7-4-6-22(18-23)21-10-15-31(16-11-21)13-5-14-33-27(35)25-9-3-2-8-24(25)26(30-33)32-17-12-28-19-32/h2-4,6-9,12,17-19,21H,5,10-11,13-16H2,1H3,(H,29,34). The zero-order chi connectivity index (χ0) is 24.2. The number of nitrogens with zero attached hydrogens (tertiary/aromatic N) is 5. The van der Waals surface area contributed by atoms with E-state index in [0.29, 0.717) is 17.8 Å². The van der Waals surface area contributed by atoms with Crippen molar-refractivity contribution in [3.63, 3.8) is 0 Å². The predicted octanol–water partition coefficient (Wildman–Crippen LogP) is 3.81. The summed E-state index contributed by atoms with van der Waals surface area (Å²) in [7, 11) is 0. The van der Waals surface area contributed by atoms with E-state index in [9.17, 15) is 9.59 Å². The van der Waals surface area contributed by atoms with Crippen LogP contribution in [0.2, 0.25) is 0 Å². The van der Waals surface area contributed by atoms with Gasteiger partial charge in [0.25, 0.3) is 5.56 Å². The molecule has 5 rings (SSSR count). The molecule has 1 aliphatic heterocycles. The Morgan fingerprint density at radius 1 is 1.06 bits per heavy atom. The Labute approximate surface area is 204 Å². The third-order valence-corrected chi connectivity index (χ3v) is 6.71. The Morgan fingerprint density at radius 3 is 2.60 bits per heavy atom. The van der Waals surface area contributed by atoms with Gasteiger partial charge < -0.3 is 10.2 Å². The SMILES string of the molecule is CC(=O)Nc1cccc(C2CCN(CCCn3nc(-n4ccnc4)c4ccccc4c3=O)CC2)c1. The average molecular weight is 471 g/mol. The molecule has 180 valence electrons. The molecular weight excluding hydrogens is 440 g/mol. The number of fused-ring (bicyclic) bond motifs is 1. The molecule has 3 heterocycles. The van der Waals surface area contributed by atoms with Gasteiger partial charge in [-0.3, -0.25) is 14.2 Å². The van der Waals surface area contributed by atoms with Crippen LogP contribution >= 0.6 is 0 Å². The number of aromatic nitrogens is 4. The highest BCUT2D eigenvalue weighted by Gasteiger charge is 2.21. The Bertz CT molecular complexity index is 1370. The van der Waals surface area contributed by atoms with E-state index < -0.39 is 0 Å². The number of amides is 1. The second-order valence-electron chi connectivity index (χ2n) is 9.14. The number of carbonyl (C=O) groups excluding carboxylic acids is 1. The second-order valence-corrected chi connectivity index (χ2v) is 9.14. The van der Waals surface area contributed by atoms with Crippen LogP contribution in [0.15, 0.2) is 72.0 Å². The summed E-state index contributed by atoms with van der Waals surface area (Å²) in [6, 6.07) is 15.8. The molecule has 1 aliphatic rings. The van der Waals surface area contributed by atoms with E-state index in [4.69, 9.17) is 0 Å². The first-order valence-electron chi connectivity index (χ1n) is 12.2. The first-order chi connectivity index (χ1) is 17.1. The number of benzene rings is 2. The molecule has 1 N–H and O–H groups in total. The molecule has 0 spiro atoms. The zero-order valence-electron chi connectivity index (χ0n) is 19.9. The van der Waals surface area contributed by atoms with Gasteiger partial charge in [-0.1, -0.05) is 30.3 Å². The summed E-state index contributed by atoms with van der Waals surface area (Å²) < 4.78 is 3.45. The second kappa shape index (κ2) is 10.2. The lowest BCUT2D eigenvalue weighted by atomic mass is 9.89. The number of aryl methyl sites for hydroxylation is 1. The Morgan fingerprint density at radius 2 is 1.86 bits per heavy atom. The summed E-state index contributed by atoms with van der Waals surface area (Å²) >= 11 is 0. The van der Waals surface area contributed by atoms with Crippen LogP contribution in [0.4, 0.5) is 5.69 Å².